The fourth-order valence-electron chi connectivity index (χ4n) is 3.95. The molecule has 1 aromatic carbocycles. The van der Waals surface area contributed by atoms with Gasteiger partial charge in [-0.25, -0.2) is 4.98 Å². The topological polar surface area (TPSA) is 110 Å². The lowest BCUT2D eigenvalue weighted by Crippen LogP contribution is -2.47. The van der Waals surface area contributed by atoms with Crippen LogP contribution < -0.4 is 21.3 Å². The van der Waals surface area contributed by atoms with Crippen LogP contribution in [0, 0.1) is 0 Å². The van der Waals surface area contributed by atoms with Crippen molar-refractivity contribution in [1.82, 2.24) is 19.9 Å². The van der Waals surface area contributed by atoms with Crippen molar-refractivity contribution in [3.8, 4) is 0 Å². The molecule has 0 saturated carbocycles. The molecule has 2 atom stereocenters. The number of nitrogen functional groups attached to an aromatic ring is 2. The molecule has 26 heavy (non-hydrogen) atoms. The number of fused-ring (bicyclic) bond motifs is 3. The number of anilines is 4. The van der Waals surface area contributed by atoms with Crippen molar-refractivity contribution >= 4 is 46.0 Å². The highest BCUT2D eigenvalue weighted by atomic mass is 35.5. The Bertz CT molecular complexity index is 992. The molecular formula is C17H17ClN8. The predicted molar refractivity (Wildman–Crippen MR) is 102 cm³/mol. The summed E-state index contributed by atoms with van der Waals surface area (Å²) in [6, 6.07) is 8.80. The molecule has 4 N–H and O–H groups in total. The summed E-state index contributed by atoms with van der Waals surface area (Å²) in [6.07, 6.45) is 2.76. The number of rotatable bonds is 2. The zero-order chi connectivity index (χ0) is 17.8. The molecule has 0 amide bonds. The van der Waals surface area contributed by atoms with Crippen LogP contribution in [-0.4, -0.2) is 45.1 Å². The van der Waals surface area contributed by atoms with Gasteiger partial charge in [-0.05, 0) is 30.7 Å². The SMILES string of the molecule is Nc1nc(N)c2cnc(N3CC4CC3CN4c3ccc(Cl)cc3)nc2n1. The highest BCUT2D eigenvalue weighted by Gasteiger charge is 2.44. The van der Waals surface area contributed by atoms with Gasteiger partial charge in [-0.15, -0.1) is 0 Å². The molecule has 132 valence electrons. The summed E-state index contributed by atoms with van der Waals surface area (Å²) in [5.41, 5.74) is 13.2. The van der Waals surface area contributed by atoms with Gasteiger partial charge in [0, 0.05) is 36.0 Å². The molecule has 2 fully saturated rings. The van der Waals surface area contributed by atoms with Crippen molar-refractivity contribution in [2.24, 2.45) is 0 Å². The van der Waals surface area contributed by atoms with Gasteiger partial charge in [0.25, 0.3) is 0 Å². The van der Waals surface area contributed by atoms with Crippen molar-refractivity contribution in [2.75, 3.05) is 34.4 Å². The lowest BCUT2D eigenvalue weighted by Gasteiger charge is -2.35. The maximum absolute atomic E-state index is 6.00. The summed E-state index contributed by atoms with van der Waals surface area (Å²) in [5, 5.41) is 1.37. The number of aromatic nitrogens is 4. The highest BCUT2D eigenvalue weighted by Crippen LogP contribution is 2.36. The molecule has 0 radical (unpaired) electrons. The van der Waals surface area contributed by atoms with Crippen molar-refractivity contribution in [2.45, 2.75) is 18.5 Å². The van der Waals surface area contributed by atoms with Crippen molar-refractivity contribution < 1.29 is 0 Å². The Kier molecular flexibility index (Phi) is 3.30. The van der Waals surface area contributed by atoms with Crippen molar-refractivity contribution in [3.05, 3.63) is 35.5 Å². The van der Waals surface area contributed by atoms with Gasteiger partial charge in [0.05, 0.1) is 11.4 Å². The van der Waals surface area contributed by atoms with E-state index in [-0.39, 0.29) is 5.95 Å². The fraction of sp³-hybridized carbons (Fsp3) is 0.294. The maximum atomic E-state index is 6.00. The summed E-state index contributed by atoms with van der Waals surface area (Å²) in [5.74, 6) is 1.09. The second kappa shape index (κ2) is 5.57. The number of nitrogens with two attached hydrogens (primary N) is 2. The molecule has 2 aliphatic heterocycles. The summed E-state index contributed by atoms with van der Waals surface area (Å²) in [4.78, 5) is 21.9. The Morgan fingerprint density at radius 1 is 0.962 bits per heavy atom. The summed E-state index contributed by atoms with van der Waals surface area (Å²) < 4.78 is 0. The predicted octanol–water partition coefficient (Wildman–Crippen LogP) is 1.71. The minimum atomic E-state index is 0.122. The Hall–Kier alpha value is -2.87. The van der Waals surface area contributed by atoms with Crippen molar-refractivity contribution in [3.63, 3.8) is 0 Å². The van der Waals surface area contributed by atoms with E-state index in [4.69, 9.17) is 23.1 Å². The first kappa shape index (κ1) is 15.4. The normalized spacial score (nSPS) is 21.7. The molecule has 2 aromatic heterocycles. The Labute approximate surface area is 154 Å². The third kappa shape index (κ3) is 2.37. The molecule has 2 unspecified atom stereocenters. The molecule has 8 nitrogen and oxygen atoms in total. The van der Waals surface area contributed by atoms with E-state index in [1.807, 2.05) is 12.1 Å². The van der Waals surface area contributed by atoms with Crippen LogP contribution in [0.4, 0.5) is 23.4 Å². The maximum Gasteiger partial charge on any atom is 0.227 e. The first-order valence-electron chi connectivity index (χ1n) is 8.43. The number of nitrogens with zero attached hydrogens (tertiary/aromatic N) is 6. The Morgan fingerprint density at radius 3 is 2.42 bits per heavy atom. The van der Waals surface area contributed by atoms with Gasteiger partial charge in [-0.2, -0.15) is 15.0 Å². The quantitative estimate of drug-likeness (QED) is 0.703. The molecule has 2 saturated heterocycles. The van der Waals surface area contributed by atoms with Gasteiger partial charge in [-0.1, -0.05) is 11.6 Å². The molecule has 0 aliphatic carbocycles. The van der Waals surface area contributed by atoms with E-state index in [0.29, 0.717) is 34.9 Å². The zero-order valence-electron chi connectivity index (χ0n) is 13.9. The van der Waals surface area contributed by atoms with Crippen LogP contribution in [0.2, 0.25) is 5.02 Å². The Morgan fingerprint density at radius 2 is 1.69 bits per heavy atom. The van der Waals surface area contributed by atoms with Crippen LogP contribution in [-0.2, 0) is 0 Å². The fourth-order valence-corrected chi connectivity index (χ4v) is 4.07. The van der Waals surface area contributed by atoms with Crippen molar-refractivity contribution in [1.29, 1.82) is 0 Å². The van der Waals surface area contributed by atoms with Crippen LogP contribution in [0.15, 0.2) is 30.5 Å². The number of benzene rings is 1. The van der Waals surface area contributed by atoms with Crippen LogP contribution >= 0.6 is 11.6 Å². The van der Waals surface area contributed by atoms with Gasteiger partial charge >= 0.3 is 0 Å². The number of piperazine rings is 1. The lowest BCUT2D eigenvalue weighted by molar-refractivity contribution is 0.634. The smallest absolute Gasteiger partial charge is 0.227 e. The third-order valence-corrected chi connectivity index (χ3v) is 5.40. The Balaban J connectivity index is 1.42. The average Bonchev–Trinajstić information content (AvgIpc) is 3.22. The van der Waals surface area contributed by atoms with E-state index in [1.54, 1.807) is 6.20 Å². The van der Waals surface area contributed by atoms with Gasteiger partial charge in [-0.3, -0.25) is 0 Å². The van der Waals surface area contributed by atoms with Crippen LogP contribution in [0.3, 0.4) is 0 Å². The average molecular weight is 369 g/mol. The van der Waals surface area contributed by atoms with Gasteiger partial charge in [0.2, 0.25) is 11.9 Å². The molecule has 2 bridgehead atoms. The van der Waals surface area contributed by atoms with Gasteiger partial charge in [0.1, 0.15) is 5.82 Å². The molecule has 0 spiro atoms. The first-order valence-corrected chi connectivity index (χ1v) is 8.81. The van der Waals surface area contributed by atoms with Gasteiger partial charge in [0.15, 0.2) is 5.65 Å². The summed E-state index contributed by atoms with van der Waals surface area (Å²) in [7, 11) is 0. The van der Waals surface area contributed by atoms with Crippen LogP contribution in [0.5, 0.6) is 0 Å². The molecule has 2 aliphatic rings. The molecule has 5 rings (SSSR count). The second-order valence-corrected chi connectivity index (χ2v) is 7.14. The van der Waals surface area contributed by atoms with Crippen LogP contribution in [0.1, 0.15) is 6.42 Å². The molecule has 3 aromatic rings. The van der Waals surface area contributed by atoms with E-state index >= 15 is 0 Å². The third-order valence-electron chi connectivity index (χ3n) is 5.14. The summed E-state index contributed by atoms with van der Waals surface area (Å²) in [6.45, 7) is 1.80. The zero-order valence-corrected chi connectivity index (χ0v) is 14.6. The number of halogens is 1. The van der Waals surface area contributed by atoms with E-state index in [9.17, 15) is 0 Å². The molecular weight excluding hydrogens is 352 g/mol. The summed E-state index contributed by atoms with van der Waals surface area (Å²) >= 11 is 6.00. The monoisotopic (exact) mass is 368 g/mol. The van der Waals surface area contributed by atoms with E-state index in [0.717, 1.165) is 24.5 Å². The van der Waals surface area contributed by atoms with E-state index < -0.39 is 0 Å². The first-order chi connectivity index (χ1) is 12.6. The van der Waals surface area contributed by atoms with Gasteiger partial charge < -0.3 is 21.3 Å². The standard InChI is InChI=1S/C17H17ClN8/c18-9-1-3-10(4-2-9)25-7-12-5-11(25)8-26(12)17-21-6-13-14(19)22-16(20)23-15(13)24-17/h1-4,6,11-12H,5,7-8H2,(H4,19,20,21,22,23,24). The second-order valence-electron chi connectivity index (χ2n) is 6.70. The van der Waals surface area contributed by atoms with E-state index in [1.165, 1.54) is 5.69 Å². The largest absolute Gasteiger partial charge is 0.383 e. The lowest BCUT2D eigenvalue weighted by atomic mass is 10.2. The molecule has 4 heterocycles. The number of hydrogen-bond donors (Lipinski definition) is 2. The minimum Gasteiger partial charge on any atom is -0.383 e. The molecule has 9 heteroatoms. The van der Waals surface area contributed by atoms with Crippen LogP contribution in [0.25, 0.3) is 11.0 Å². The number of hydrogen-bond acceptors (Lipinski definition) is 8. The minimum absolute atomic E-state index is 0.122. The highest BCUT2D eigenvalue weighted by molar-refractivity contribution is 6.30. The van der Waals surface area contributed by atoms with E-state index in [2.05, 4.69) is 41.9 Å².